The van der Waals surface area contributed by atoms with Crippen LogP contribution in [0.15, 0.2) is 0 Å². The summed E-state index contributed by atoms with van der Waals surface area (Å²) in [6, 6.07) is 1.11. The minimum absolute atomic E-state index is 0.493. The Morgan fingerprint density at radius 1 is 1.11 bits per heavy atom. The molecule has 0 spiro atoms. The fourth-order valence-electron chi connectivity index (χ4n) is 2.60. The summed E-state index contributed by atoms with van der Waals surface area (Å²) < 4.78 is 0. The van der Waals surface area contributed by atoms with Crippen molar-refractivity contribution in [3.05, 3.63) is 0 Å². The van der Waals surface area contributed by atoms with E-state index in [1.807, 2.05) is 0 Å². The quantitative estimate of drug-likeness (QED) is 0.713. The van der Waals surface area contributed by atoms with Crippen LogP contribution < -0.4 is 10.6 Å². The van der Waals surface area contributed by atoms with Gasteiger partial charge < -0.3 is 10.6 Å². The molecule has 1 atom stereocenters. The van der Waals surface area contributed by atoms with Crippen molar-refractivity contribution in [1.82, 2.24) is 10.6 Å². The normalized spacial score (nSPS) is 18.7. The molecule has 1 aliphatic carbocycles. The topological polar surface area (TPSA) is 24.1 Å². The van der Waals surface area contributed by atoms with E-state index in [-0.39, 0.29) is 0 Å². The van der Waals surface area contributed by atoms with Gasteiger partial charge in [0.25, 0.3) is 0 Å². The van der Waals surface area contributed by atoms with Crippen LogP contribution in [0.4, 0.5) is 0 Å². The molecule has 0 aromatic heterocycles. The monoisotopic (exact) mass is 270 g/mol. The summed E-state index contributed by atoms with van der Waals surface area (Å²) in [5, 5.41) is 7.75. The van der Waals surface area contributed by atoms with Crippen LogP contribution in [0.5, 0.6) is 0 Å². The molecule has 1 saturated carbocycles. The fourth-order valence-corrected chi connectivity index (χ4v) is 2.97. The Hall–Kier alpha value is -0.310. The zero-order chi connectivity index (χ0) is 13.4. The molecule has 1 fully saturated rings. The molecular weight excluding hydrogens is 240 g/mol. The van der Waals surface area contributed by atoms with Crippen LogP contribution in [0.2, 0.25) is 0 Å². The first-order valence-corrected chi connectivity index (χ1v) is 8.05. The highest BCUT2D eigenvalue weighted by atomic mass is 32.1. The summed E-state index contributed by atoms with van der Waals surface area (Å²) >= 11 is 5.39. The summed E-state index contributed by atoms with van der Waals surface area (Å²) in [4.78, 5) is 0. The zero-order valence-corrected chi connectivity index (χ0v) is 13.1. The van der Waals surface area contributed by atoms with Gasteiger partial charge in [0, 0.05) is 12.1 Å². The molecule has 0 bridgehead atoms. The van der Waals surface area contributed by atoms with Gasteiger partial charge in [0.2, 0.25) is 0 Å². The largest absolute Gasteiger partial charge is 0.360 e. The fraction of sp³-hybridized carbons (Fsp3) is 0.933. The van der Waals surface area contributed by atoms with Crippen molar-refractivity contribution < 1.29 is 0 Å². The van der Waals surface area contributed by atoms with Gasteiger partial charge in [-0.3, -0.25) is 0 Å². The van der Waals surface area contributed by atoms with Gasteiger partial charge in [-0.15, -0.1) is 0 Å². The van der Waals surface area contributed by atoms with E-state index in [2.05, 4.69) is 31.4 Å². The van der Waals surface area contributed by atoms with Crippen molar-refractivity contribution in [2.24, 2.45) is 5.92 Å². The van der Waals surface area contributed by atoms with Crippen LogP contribution in [0.3, 0.4) is 0 Å². The van der Waals surface area contributed by atoms with Gasteiger partial charge in [-0.1, -0.05) is 46.0 Å². The molecule has 0 aliphatic heterocycles. The van der Waals surface area contributed by atoms with Crippen molar-refractivity contribution in [2.45, 2.75) is 84.2 Å². The molecule has 1 unspecified atom stereocenters. The zero-order valence-electron chi connectivity index (χ0n) is 12.3. The van der Waals surface area contributed by atoms with Crippen LogP contribution in [-0.4, -0.2) is 17.2 Å². The van der Waals surface area contributed by atoms with Crippen LogP contribution in [0, 0.1) is 5.92 Å². The number of rotatable bonds is 6. The van der Waals surface area contributed by atoms with Crippen molar-refractivity contribution in [3.63, 3.8) is 0 Å². The number of nitrogens with one attached hydrogen (secondary N) is 2. The lowest BCUT2D eigenvalue weighted by molar-refractivity contribution is 0.409. The van der Waals surface area contributed by atoms with Crippen molar-refractivity contribution in [1.29, 1.82) is 0 Å². The Labute approximate surface area is 118 Å². The molecule has 0 aromatic rings. The van der Waals surface area contributed by atoms with E-state index in [0.717, 1.165) is 11.0 Å². The van der Waals surface area contributed by atoms with Gasteiger partial charge in [0.15, 0.2) is 5.11 Å². The Morgan fingerprint density at radius 3 is 2.39 bits per heavy atom. The van der Waals surface area contributed by atoms with Gasteiger partial charge in [0.05, 0.1) is 0 Å². The van der Waals surface area contributed by atoms with Crippen molar-refractivity contribution in [3.8, 4) is 0 Å². The van der Waals surface area contributed by atoms with Gasteiger partial charge in [0.1, 0.15) is 0 Å². The molecule has 0 aromatic carbocycles. The van der Waals surface area contributed by atoms with E-state index in [9.17, 15) is 0 Å². The van der Waals surface area contributed by atoms with E-state index in [1.165, 1.54) is 51.4 Å². The second kappa shape index (κ2) is 8.73. The standard InChI is InChI=1S/C15H30N2S/c1-12(2)8-7-9-13(3)16-15(18)17-14-10-5-4-6-11-14/h12-14H,4-11H2,1-3H3,(H2,16,17,18). The first-order valence-electron chi connectivity index (χ1n) is 7.65. The number of hydrogen-bond donors (Lipinski definition) is 2. The van der Waals surface area contributed by atoms with Crippen LogP contribution >= 0.6 is 12.2 Å². The third-order valence-electron chi connectivity index (χ3n) is 3.74. The summed E-state index contributed by atoms with van der Waals surface area (Å²) in [5.41, 5.74) is 0. The van der Waals surface area contributed by atoms with Crippen LogP contribution in [-0.2, 0) is 0 Å². The average molecular weight is 270 g/mol. The maximum Gasteiger partial charge on any atom is 0.166 e. The molecule has 0 amide bonds. The van der Waals surface area contributed by atoms with Crippen molar-refractivity contribution in [2.75, 3.05) is 0 Å². The highest BCUT2D eigenvalue weighted by Crippen LogP contribution is 2.17. The molecule has 1 aliphatic rings. The molecule has 2 N–H and O–H groups in total. The van der Waals surface area contributed by atoms with Crippen LogP contribution in [0.25, 0.3) is 0 Å². The summed E-state index contributed by atoms with van der Waals surface area (Å²) in [6.07, 6.45) is 10.5. The lowest BCUT2D eigenvalue weighted by Crippen LogP contribution is -2.45. The number of thiocarbonyl (C=S) groups is 1. The third kappa shape index (κ3) is 7.20. The van der Waals surface area contributed by atoms with Gasteiger partial charge in [-0.05, 0) is 44.3 Å². The molecule has 1 rings (SSSR count). The Kier molecular flexibility index (Phi) is 7.64. The summed E-state index contributed by atoms with van der Waals surface area (Å²) in [7, 11) is 0. The third-order valence-corrected chi connectivity index (χ3v) is 3.97. The first-order chi connectivity index (χ1) is 8.58. The van der Waals surface area contributed by atoms with Crippen LogP contribution in [0.1, 0.15) is 72.1 Å². The highest BCUT2D eigenvalue weighted by Gasteiger charge is 2.14. The van der Waals surface area contributed by atoms with Gasteiger partial charge in [-0.25, -0.2) is 0 Å². The lowest BCUT2D eigenvalue weighted by Gasteiger charge is -2.26. The molecule has 18 heavy (non-hydrogen) atoms. The SMILES string of the molecule is CC(C)CCCC(C)NC(=S)NC1CCCCC1. The molecule has 0 radical (unpaired) electrons. The highest BCUT2D eigenvalue weighted by molar-refractivity contribution is 7.80. The summed E-state index contributed by atoms with van der Waals surface area (Å²) in [5.74, 6) is 0.810. The Balaban J connectivity index is 2.10. The second-order valence-corrected chi connectivity index (χ2v) is 6.59. The first kappa shape index (κ1) is 15.7. The van der Waals surface area contributed by atoms with Crippen molar-refractivity contribution >= 4 is 17.3 Å². The average Bonchev–Trinajstić information content (AvgIpc) is 2.29. The number of hydrogen-bond acceptors (Lipinski definition) is 1. The van der Waals surface area contributed by atoms with E-state index in [0.29, 0.717) is 12.1 Å². The predicted molar refractivity (Wildman–Crippen MR) is 83.9 cm³/mol. The molecule has 0 saturated heterocycles. The smallest absolute Gasteiger partial charge is 0.166 e. The maximum atomic E-state index is 5.39. The second-order valence-electron chi connectivity index (χ2n) is 6.18. The Morgan fingerprint density at radius 2 is 1.78 bits per heavy atom. The Bertz CT molecular complexity index is 235. The molecular formula is C15H30N2S. The molecule has 0 heterocycles. The molecule has 2 nitrogen and oxygen atoms in total. The van der Waals surface area contributed by atoms with Gasteiger partial charge >= 0.3 is 0 Å². The minimum Gasteiger partial charge on any atom is -0.360 e. The van der Waals surface area contributed by atoms with Gasteiger partial charge in [-0.2, -0.15) is 0 Å². The predicted octanol–water partition coefficient (Wildman–Crippen LogP) is 4.00. The maximum absolute atomic E-state index is 5.39. The van der Waals surface area contributed by atoms with E-state index in [1.54, 1.807) is 0 Å². The minimum atomic E-state index is 0.493. The van der Waals surface area contributed by atoms with E-state index < -0.39 is 0 Å². The molecule has 3 heteroatoms. The lowest BCUT2D eigenvalue weighted by atomic mass is 9.96. The van der Waals surface area contributed by atoms with E-state index in [4.69, 9.17) is 12.2 Å². The molecule has 106 valence electrons. The van der Waals surface area contributed by atoms with E-state index >= 15 is 0 Å². The summed E-state index contributed by atoms with van der Waals surface area (Å²) in [6.45, 7) is 6.80.